The quantitative estimate of drug-likeness (QED) is 0.575. The van der Waals surface area contributed by atoms with E-state index >= 15 is 0 Å². The Hall–Kier alpha value is -2.90. The molecule has 2 atom stereocenters. The van der Waals surface area contributed by atoms with Crippen molar-refractivity contribution in [2.45, 2.75) is 31.7 Å². The maximum atomic E-state index is 12.2. The summed E-state index contributed by atoms with van der Waals surface area (Å²) >= 11 is 0. The number of ether oxygens (including phenoxy) is 1. The van der Waals surface area contributed by atoms with Crippen molar-refractivity contribution in [3.8, 4) is 5.75 Å². The lowest BCUT2D eigenvalue weighted by Gasteiger charge is -2.26. The average Bonchev–Trinajstić information content (AvgIpc) is 2.70. The molecule has 2 aromatic carbocycles. The van der Waals surface area contributed by atoms with Gasteiger partial charge in [-0.3, -0.25) is 4.79 Å². The zero-order chi connectivity index (χ0) is 19.2. The zero-order valence-corrected chi connectivity index (χ0v) is 14.7. The second-order valence-corrected chi connectivity index (χ2v) is 6.42. The van der Waals surface area contributed by atoms with Crippen molar-refractivity contribution in [2.24, 2.45) is 0 Å². The van der Waals surface area contributed by atoms with E-state index in [0.29, 0.717) is 19.6 Å². The molecule has 7 nitrogen and oxygen atoms in total. The molecule has 3 rings (SSSR count). The van der Waals surface area contributed by atoms with Gasteiger partial charge in [-0.2, -0.15) is 0 Å². The Bertz CT molecular complexity index is 809. The number of hydrogen-bond acceptors (Lipinski definition) is 5. The topological polar surface area (TPSA) is 108 Å². The molecule has 27 heavy (non-hydrogen) atoms. The summed E-state index contributed by atoms with van der Waals surface area (Å²) in [4.78, 5) is 23.2. The molecule has 0 unspecified atom stereocenters. The number of hydrogen-bond donors (Lipinski definition) is 4. The van der Waals surface area contributed by atoms with Gasteiger partial charge in [-0.15, -0.1) is 0 Å². The van der Waals surface area contributed by atoms with Crippen molar-refractivity contribution >= 4 is 11.9 Å². The van der Waals surface area contributed by atoms with E-state index in [1.807, 2.05) is 48.5 Å². The number of carboxylic acid groups (broad SMARTS) is 1. The van der Waals surface area contributed by atoms with Gasteiger partial charge in [0.1, 0.15) is 18.4 Å². The lowest BCUT2D eigenvalue weighted by atomic mass is 9.95. The van der Waals surface area contributed by atoms with Crippen molar-refractivity contribution in [3.63, 3.8) is 0 Å². The van der Waals surface area contributed by atoms with Gasteiger partial charge in [-0.1, -0.05) is 36.4 Å². The molecule has 0 saturated heterocycles. The Kier molecular flexibility index (Phi) is 6.05. The number of aliphatic carboxylic acids is 1. The predicted octanol–water partition coefficient (Wildman–Crippen LogP) is 0.842. The molecule has 0 spiro atoms. The van der Waals surface area contributed by atoms with Gasteiger partial charge in [0.25, 0.3) is 0 Å². The van der Waals surface area contributed by atoms with Crippen molar-refractivity contribution in [3.05, 3.63) is 65.2 Å². The molecule has 0 aromatic heterocycles. The zero-order valence-electron chi connectivity index (χ0n) is 14.7. The van der Waals surface area contributed by atoms with Crippen molar-refractivity contribution in [2.75, 3.05) is 6.61 Å². The monoisotopic (exact) mass is 370 g/mol. The third kappa shape index (κ3) is 4.84. The number of fused-ring (bicyclic) bond motifs is 1. The number of carbonyl (C=O) groups excluding carboxylic acids is 1. The molecule has 2 aromatic rings. The van der Waals surface area contributed by atoms with Gasteiger partial charge in [-0.25, -0.2) is 4.79 Å². The Labute approximate surface area is 157 Å². The normalized spacial score (nSPS) is 16.9. The third-order valence-corrected chi connectivity index (χ3v) is 4.50. The maximum absolute atomic E-state index is 12.2. The summed E-state index contributed by atoms with van der Waals surface area (Å²) in [7, 11) is 0. The summed E-state index contributed by atoms with van der Waals surface area (Å²) in [6, 6.07) is 13.8. The van der Waals surface area contributed by atoms with E-state index in [0.717, 1.165) is 22.4 Å². The molecule has 0 aliphatic carbocycles. The lowest BCUT2D eigenvalue weighted by Crippen LogP contribution is -2.53. The second-order valence-electron chi connectivity index (χ2n) is 6.42. The van der Waals surface area contributed by atoms with Crippen LogP contribution < -0.4 is 15.4 Å². The van der Waals surface area contributed by atoms with Crippen LogP contribution in [-0.4, -0.2) is 40.8 Å². The second kappa shape index (κ2) is 8.66. The van der Waals surface area contributed by atoms with Gasteiger partial charge in [0.15, 0.2) is 0 Å². The molecule has 0 saturated carbocycles. The van der Waals surface area contributed by atoms with Crippen LogP contribution in [0.3, 0.4) is 0 Å². The first-order chi connectivity index (χ1) is 13.1. The summed E-state index contributed by atoms with van der Waals surface area (Å²) in [5.74, 6) is -0.942. The van der Waals surface area contributed by atoms with Crippen LogP contribution in [0.1, 0.15) is 16.7 Å². The average molecular weight is 370 g/mol. The van der Waals surface area contributed by atoms with Gasteiger partial charge in [-0.05, 0) is 35.2 Å². The van der Waals surface area contributed by atoms with Gasteiger partial charge < -0.3 is 25.6 Å². The van der Waals surface area contributed by atoms with Crippen molar-refractivity contribution < 1.29 is 24.5 Å². The molecule has 4 N–H and O–H groups in total. The van der Waals surface area contributed by atoms with E-state index in [1.54, 1.807) is 0 Å². The minimum atomic E-state index is -1.30. The van der Waals surface area contributed by atoms with Crippen LogP contribution >= 0.6 is 0 Å². The van der Waals surface area contributed by atoms with Crippen LogP contribution in [0.5, 0.6) is 5.75 Å². The number of carbonyl (C=O) groups is 2. The first-order valence-electron chi connectivity index (χ1n) is 8.73. The maximum Gasteiger partial charge on any atom is 0.328 e. The summed E-state index contributed by atoms with van der Waals surface area (Å²) in [6.07, 6.45) is 0.442. The third-order valence-electron chi connectivity index (χ3n) is 4.50. The van der Waals surface area contributed by atoms with E-state index in [-0.39, 0.29) is 0 Å². The van der Waals surface area contributed by atoms with Crippen LogP contribution in [0.2, 0.25) is 0 Å². The molecule has 1 heterocycles. The Morgan fingerprint density at radius 3 is 2.67 bits per heavy atom. The van der Waals surface area contributed by atoms with Crippen LogP contribution in [0, 0.1) is 0 Å². The van der Waals surface area contributed by atoms with E-state index in [2.05, 4.69) is 10.6 Å². The minimum Gasteiger partial charge on any atom is -0.489 e. The van der Waals surface area contributed by atoms with E-state index in [4.69, 9.17) is 14.9 Å². The Morgan fingerprint density at radius 1 is 1.19 bits per heavy atom. The fourth-order valence-electron chi connectivity index (χ4n) is 2.97. The first kappa shape index (κ1) is 18.9. The molecule has 142 valence electrons. The molecule has 0 fully saturated rings. The number of benzene rings is 2. The number of nitrogens with one attached hydrogen (secondary N) is 2. The number of rotatable bonds is 7. The molecule has 7 heteroatoms. The van der Waals surface area contributed by atoms with Crippen molar-refractivity contribution in [1.29, 1.82) is 0 Å². The molecule has 1 aliphatic rings. The largest absolute Gasteiger partial charge is 0.489 e. The van der Waals surface area contributed by atoms with E-state index in [1.165, 1.54) is 0 Å². The molecular formula is C20H22N2O5. The number of aliphatic hydroxyl groups is 1. The fourth-order valence-corrected chi connectivity index (χ4v) is 2.97. The van der Waals surface area contributed by atoms with Crippen molar-refractivity contribution in [1.82, 2.24) is 10.6 Å². The highest BCUT2D eigenvalue weighted by atomic mass is 16.5. The van der Waals surface area contributed by atoms with E-state index < -0.39 is 30.6 Å². The minimum absolute atomic E-state index is 0.438. The standard InChI is InChI=1S/C20H22N2O5/c23-11-18(20(25)26)22-19(24)17-9-14-6-7-16(8-15(14)10-21-17)27-12-13-4-2-1-3-5-13/h1-8,17-18,21,23H,9-12H2,(H,22,24)(H,25,26)/t17-,18-/m0/s1. The molecule has 1 amide bonds. The number of amides is 1. The van der Waals surface area contributed by atoms with Crippen LogP contribution in [-0.2, 0) is 29.2 Å². The van der Waals surface area contributed by atoms with E-state index in [9.17, 15) is 9.59 Å². The summed E-state index contributed by atoms with van der Waals surface area (Å²) in [5, 5.41) is 23.4. The molecular weight excluding hydrogens is 348 g/mol. The van der Waals surface area contributed by atoms with Gasteiger partial charge >= 0.3 is 5.97 Å². The van der Waals surface area contributed by atoms with Crippen LogP contribution in [0.4, 0.5) is 0 Å². The number of carboxylic acids is 1. The highest BCUT2D eigenvalue weighted by molar-refractivity contribution is 5.87. The van der Waals surface area contributed by atoms with Crippen LogP contribution in [0.15, 0.2) is 48.5 Å². The Balaban J connectivity index is 1.60. The summed E-state index contributed by atoms with van der Waals surface area (Å²) in [5.41, 5.74) is 3.14. The lowest BCUT2D eigenvalue weighted by molar-refractivity contribution is -0.143. The molecule has 0 bridgehead atoms. The first-order valence-corrected chi connectivity index (χ1v) is 8.73. The number of aliphatic hydroxyl groups excluding tert-OH is 1. The SMILES string of the molecule is O=C(O)[C@H](CO)NC(=O)[C@@H]1Cc2ccc(OCc3ccccc3)cc2CN1. The van der Waals surface area contributed by atoms with Gasteiger partial charge in [0.2, 0.25) is 5.91 Å². The fraction of sp³-hybridized carbons (Fsp3) is 0.300. The van der Waals surface area contributed by atoms with Crippen LogP contribution in [0.25, 0.3) is 0 Å². The summed E-state index contributed by atoms with van der Waals surface area (Å²) < 4.78 is 5.83. The smallest absolute Gasteiger partial charge is 0.328 e. The highest BCUT2D eigenvalue weighted by Gasteiger charge is 2.28. The highest BCUT2D eigenvalue weighted by Crippen LogP contribution is 2.23. The summed E-state index contributed by atoms with van der Waals surface area (Å²) in [6.45, 7) is 0.315. The Morgan fingerprint density at radius 2 is 1.96 bits per heavy atom. The molecule has 1 aliphatic heterocycles. The predicted molar refractivity (Wildman–Crippen MR) is 98.2 cm³/mol. The molecule has 0 radical (unpaired) electrons. The van der Waals surface area contributed by atoms with Gasteiger partial charge in [0, 0.05) is 6.54 Å². The van der Waals surface area contributed by atoms with Gasteiger partial charge in [0.05, 0.1) is 12.6 Å².